The Labute approximate surface area is 144 Å². The first-order valence-corrected chi connectivity index (χ1v) is 7.62. The van der Waals surface area contributed by atoms with E-state index in [1.807, 2.05) is 6.07 Å². The van der Waals surface area contributed by atoms with Crippen molar-refractivity contribution in [2.24, 2.45) is 7.05 Å². The van der Waals surface area contributed by atoms with Crippen LogP contribution in [0.25, 0.3) is 0 Å². The van der Waals surface area contributed by atoms with Crippen LogP contribution in [0.2, 0.25) is 0 Å². The fraction of sp³-hybridized carbons (Fsp3) is 0.105. The van der Waals surface area contributed by atoms with E-state index in [1.165, 1.54) is 18.2 Å². The third-order valence-electron chi connectivity index (χ3n) is 3.83. The second-order valence-electron chi connectivity index (χ2n) is 5.55. The first-order chi connectivity index (χ1) is 12.1. The molecular weight excluding hydrogens is 319 g/mol. The number of halogens is 1. The number of carbonyl (C=O) groups is 1. The van der Waals surface area contributed by atoms with E-state index in [2.05, 4.69) is 10.3 Å². The van der Waals surface area contributed by atoms with Gasteiger partial charge in [-0.05, 0) is 35.9 Å². The summed E-state index contributed by atoms with van der Waals surface area (Å²) < 4.78 is 15.4. The molecule has 0 aliphatic rings. The molecule has 124 valence electrons. The topological polar surface area (TPSA) is 70.7 Å². The number of carbonyl (C=O) groups excluding carboxylic acids is 1. The van der Waals surface area contributed by atoms with E-state index in [9.17, 15) is 9.18 Å². The van der Waals surface area contributed by atoms with Crippen LogP contribution >= 0.6 is 0 Å². The van der Waals surface area contributed by atoms with Crippen molar-refractivity contribution in [2.45, 2.75) is 6.04 Å². The molecule has 1 N–H and O–H groups in total. The molecule has 0 saturated heterocycles. The summed E-state index contributed by atoms with van der Waals surface area (Å²) in [6.07, 6.45) is 3.37. The Balaban J connectivity index is 1.97. The number of amides is 1. The van der Waals surface area contributed by atoms with E-state index in [0.29, 0.717) is 22.5 Å². The minimum absolute atomic E-state index is 0.356. The lowest BCUT2D eigenvalue weighted by Crippen LogP contribution is -2.31. The zero-order chi connectivity index (χ0) is 17.8. The van der Waals surface area contributed by atoms with Gasteiger partial charge in [0.25, 0.3) is 5.91 Å². The number of aromatic nitrogens is 2. The molecule has 0 bridgehead atoms. The first kappa shape index (κ1) is 16.4. The predicted octanol–water partition coefficient (Wildman–Crippen LogP) is 2.95. The molecule has 1 amide bonds. The summed E-state index contributed by atoms with van der Waals surface area (Å²) in [6.45, 7) is 0. The van der Waals surface area contributed by atoms with E-state index in [1.54, 1.807) is 54.3 Å². The molecule has 0 radical (unpaired) electrons. The van der Waals surface area contributed by atoms with Gasteiger partial charge < -0.3 is 9.88 Å². The van der Waals surface area contributed by atoms with Crippen LogP contribution in [-0.4, -0.2) is 15.5 Å². The average molecular weight is 334 g/mol. The highest BCUT2D eigenvalue weighted by molar-refractivity contribution is 5.95. The number of nitriles is 1. The molecule has 1 aromatic heterocycles. The highest BCUT2D eigenvalue weighted by Gasteiger charge is 2.22. The van der Waals surface area contributed by atoms with Crippen LogP contribution in [0.5, 0.6) is 0 Å². The van der Waals surface area contributed by atoms with Crippen molar-refractivity contribution in [3.8, 4) is 6.07 Å². The highest BCUT2D eigenvalue weighted by Crippen LogP contribution is 2.22. The second-order valence-corrected chi connectivity index (χ2v) is 5.55. The van der Waals surface area contributed by atoms with Gasteiger partial charge in [-0.15, -0.1) is 0 Å². The standard InChI is InChI=1S/C19H15FN4O/c1-24-9-8-22-18(24)17(14-5-3-7-16(20)11-14)23-19(25)15-6-2-4-13(10-15)12-21/h2-11,17H,1H3,(H,23,25)/t17-/m0/s1. The van der Waals surface area contributed by atoms with Gasteiger partial charge in [0.15, 0.2) is 0 Å². The fourth-order valence-electron chi connectivity index (χ4n) is 2.58. The summed E-state index contributed by atoms with van der Waals surface area (Å²) in [5, 5.41) is 11.9. The lowest BCUT2D eigenvalue weighted by Gasteiger charge is -2.19. The Morgan fingerprint density at radius 2 is 2.08 bits per heavy atom. The number of nitrogens with zero attached hydrogens (tertiary/aromatic N) is 3. The highest BCUT2D eigenvalue weighted by atomic mass is 19.1. The fourth-order valence-corrected chi connectivity index (χ4v) is 2.58. The Hall–Kier alpha value is -3.46. The molecule has 6 heteroatoms. The molecule has 0 aliphatic carbocycles. The number of imidazole rings is 1. The van der Waals surface area contributed by atoms with Crippen LogP contribution < -0.4 is 5.32 Å². The maximum Gasteiger partial charge on any atom is 0.252 e. The van der Waals surface area contributed by atoms with Crippen molar-refractivity contribution < 1.29 is 9.18 Å². The van der Waals surface area contributed by atoms with Gasteiger partial charge in [0.05, 0.1) is 11.6 Å². The van der Waals surface area contributed by atoms with Crippen molar-refractivity contribution in [2.75, 3.05) is 0 Å². The van der Waals surface area contributed by atoms with Gasteiger partial charge >= 0.3 is 0 Å². The molecule has 1 atom stereocenters. The molecule has 0 spiro atoms. The molecule has 0 unspecified atom stereocenters. The van der Waals surface area contributed by atoms with E-state index < -0.39 is 11.9 Å². The summed E-state index contributed by atoms with van der Waals surface area (Å²) in [5.41, 5.74) is 1.33. The zero-order valence-corrected chi connectivity index (χ0v) is 13.5. The van der Waals surface area contributed by atoms with Crippen molar-refractivity contribution in [3.63, 3.8) is 0 Å². The minimum Gasteiger partial charge on any atom is -0.338 e. The number of hydrogen-bond acceptors (Lipinski definition) is 3. The van der Waals surface area contributed by atoms with Crippen LogP contribution in [0, 0.1) is 17.1 Å². The molecule has 0 aliphatic heterocycles. The van der Waals surface area contributed by atoms with Gasteiger partial charge in [0.1, 0.15) is 17.7 Å². The maximum atomic E-state index is 13.7. The predicted molar refractivity (Wildman–Crippen MR) is 90.1 cm³/mol. The molecule has 5 nitrogen and oxygen atoms in total. The Morgan fingerprint density at radius 3 is 2.76 bits per heavy atom. The quantitative estimate of drug-likeness (QED) is 0.797. The Kier molecular flexibility index (Phi) is 4.57. The summed E-state index contributed by atoms with van der Waals surface area (Å²) in [7, 11) is 1.80. The summed E-state index contributed by atoms with van der Waals surface area (Å²) in [4.78, 5) is 16.9. The van der Waals surface area contributed by atoms with Crippen molar-refractivity contribution >= 4 is 5.91 Å². The van der Waals surface area contributed by atoms with Gasteiger partial charge in [-0.2, -0.15) is 5.26 Å². The second kappa shape index (κ2) is 6.97. The van der Waals surface area contributed by atoms with Crippen LogP contribution in [-0.2, 0) is 7.05 Å². The van der Waals surface area contributed by atoms with E-state index >= 15 is 0 Å². The van der Waals surface area contributed by atoms with E-state index in [0.717, 1.165) is 0 Å². The van der Waals surface area contributed by atoms with Crippen molar-refractivity contribution in [1.29, 1.82) is 5.26 Å². The lowest BCUT2D eigenvalue weighted by molar-refractivity contribution is 0.0941. The van der Waals surface area contributed by atoms with Crippen LogP contribution in [0.1, 0.15) is 33.4 Å². The van der Waals surface area contributed by atoms with Gasteiger partial charge in [0, 0.05) is 25.0 Å². The summed E-state index contributed by atoms with van der Waals surface area (Å²) >= 11 is 0. The minimum atomic E-state index is -0.617. The van der Waals surface area contributed by atoms with Crippen LogP contribution in [0.15, 0.2) is 60.9 Å². The Bertz CT molecular complexity index is 958. The maximum absolute atomic E-state index is 13.7. The van der Waals surface area contributed by atoms with Gasteiger partial charge in [-0.25, -0.2) is 9.37 Å². The molecule has 0 saturated carbocycles. The molecule has 3 rings (SSSR count). The van der Waals surface area contributed by atoms with Crippen LogP contribution in [0.3, 0.4) is 0 Å². The van der Waals surface area contributed by atoms with E-state index in [4.69, 9.17) is 5.26 Å². The number of hydrogen-bond donors (Lipinski definition) is 1. The molecule has 3 aromatic rings. The number of aryl methyl sites for hydroxylation is 1. The molecule has 1 heterocycles. The number of nitrogens with one attached hydrogen (secondary N) is 1. The third-order valence-corrected chi connectivity index (χ3v) is 3.83. The number of benzene rings is 2. The monoisotopic (exact) mass is 334 g/mol. The lowest BCUT2D eigenvalue weighted by atomic mass is 10.0. The van der Waals surface area contributed by atoms with Crippen molar-refractivity contribution in [3.05, 3.63) is 89.3 Å². The smallest absolute Gasteiger partial charge is 0.252 e. The first-order valence-electron chi connectivity index (χ1n) is 7.62. The van der Waals surface area contributed by atoms with Gasteiger partial charge in [0.2, 0.25) is 0 Å². The average Bonchev–Trinajstić information content (AvgIpc) is 3.05. The summed E-state index contributed by atoms with van der Waals surface area (Å²) in [6, 6.07) is 13.8. The molecule has 2 aromatic carbocycles. The number of rotatable bonds is 4. The zero-order valence-electron chi connectivity index (χ0n) is 13.5. The largest absolute Gasteiger partial charge is 0.338 e. The summed E-state index contributed by atoms with van der Waals surface area (Å²) in [5.74, 6) is -0.179. The van der Waals surface area contributed by atoms with Gasteiger partial charge in [-0.3, -0.25) is 4.79 Å². The van der Waals surface area contributed by atoms with Crippen LogP contribution in [0.4, 0.5) is 4.39 Å². The Morgan fingerprint density at radius 1 is 1.28 bits per heavy atom. The molecule has 0 fully saturated rings. The normalized spacial score (nSPS) is 11.6. The van der Waals surface area contributed by atoms with Gasteiger partial charge in [-0.1, -0.05) is 18.2 Å². The van der Waals surface area contributed by atoms with Crippen molar-refractivity contribution in [1.82, 2.24) is 14.9 Å². The third kappa shape index (κ3) is 3.56. The molecule has 25 heavy (non-hydrogen) atoms. The van der Waals surface area contributed by atoms with E-state index in [-0.39, 0.29) is 5.91 Å². The molecular formula is C19H15FN4O. The SMILES string of the molecule is Cn1ccnc1[C@@H](NC(=O)c1cccc(C#N)c1)c1cccc(F)c1.